The van der Waals surface area contributed by atoms with Crippen LogP contribution in [0.1, 0.15) is 34.1 Å². The van der Waals surface area contributed by atoms with Gasteiger partial charge in [-0.15, -0.1) is 0 Å². The third kappa shape index (κ3) is 4.51. The van der Waals surface area contributed by atoms with Gasteiger partial charge in [0.1, 0.15) is 17.1 Å². The van der Waals surface area contributed by atoms with Crippen molar-refractivity contribution in [1.29, 1.82) is 0 Å². The Balaban J connectivity index is 3.31. The third-order valence-corrected chi connectivity index (χ3v) is 7.96. The van der Waals surface area contributed by atoms with Crippen molar-refractivity contribution in [3.63, 3.8) is 0 Å². The van der Waals surface area contributed by atoms with Crippen LogP contribution in [0.25, 0.3) is 0 Å². The van der Waals surface area contributed by atoms with E-state index in [4.69, 9.17) is 4.74 Å². The zero-order chi connectivity index (χ0) is 22.3. The number of carboxylic acid groups (broad SMARTS) is 1. The van der Waals surface area contributed by atoms with Gasteiger partial charge in [0, 0.05) is 6.54 Å². The normalized spacial score (nSPS) is 24.2. The summed E-state index contributed by atoms with van der Waals surface area (Å²) in [6.07, 6.45) is -3.51. The van der Waals surface area contributed by atoms with E-state index in [0.717, 1.165) is 4.90 Å². The molecule has 10 nitrogen and oxygen atoms in total. The quantitative estimate of drug-likeness (QED) is 0.606. The molecule has 1 N–H and O–H groups in total. The number of ether oxygens (including phenoxy) is 1. The second-order valence-corrected chi connectivity index (χ2v) is 12.0. The molecule has 1 amide bonds. The summed E-state index contributed by atoms with van der Waals surface area (Å²) in [6.45, 7) is 4.31. The standard InChI is InChI=1S/C13H20F3NO9S2/c1-5-12(9(18)19)7-17(10(20)25-11(2,3)4)6-8(12)26-28(23,24)27(21,22)13(14,15)16/h8H,5-7H2,1-4H3,(H,18,19). The van der Waals surface area contributed by atoms with Crippen LogP contribution in [0.4, 0.5) is 18.0 Å². The van der Waals surface area contributed by atoms with Gasteiger partial charge in [-0.05, 0) is 27.2 Å². The highest BCUT2D eigenvalue weighted by Gasteiger charge is 2.61. The molecule has 2 unspecified atom stereocenters. The van der Waals surface area contributed by atoms with E-state index < -0.39 is 65.8 Å². The van der Waals surface area contributed by atoms with Crippen molar-refractivity contribution in [3.05, 3.63) is 0 Å². The molecule has 0 bridgehead atoms. The Bertz CT molecular complexity index is 845. The SMILES string of the molecule is CCC1(C(=O)O)CN(C(=O)OC(C)(C)C)CC1OS(=O)(=O)S(=O)(=O)C(F)(F)F. The zero-order valence-corrected chi connectivity index (χ0v) is 16.9. The molecule has 1 aliphatic heterocycles. The number of aliphatic carboxylic acids is 1. The Labute approximate surface area is 159 Å². The average molecular weight is 455 g/mol. The molecule has 0 saturated carbocycles. The van der Waals surface area contributed by atoms with E-state index in [1.807, 2.05) is 0 Å². The Kier molecular flexibility index (Phi) is 6.40. The summed E-state index contributed by atoms with van der Waals surface area (Å²) in [4.78, 5) is 24.6. The fraction of sp³-hybridized carbons (Fsp3) is 0.846. The number of carbonyl (C=O) groups is 2. The van der Waals surface area contributed by atoms with Crippen LogP contribution in [0.5, 0.6) is 0 Å². The van der Waals surface area contributed by atoms with E-state index in [1.54, 1.807) is 0 Å². The van der Waals surface area contributed by atoms with E-state index >= 15 is 0 Å². The highest BCUT2D eigenvalue weighted by Crippen LogP contribution is 2.40. The molecule has 0 aromatic heterocycles. The number of carboxylic acids is 1. The van der Waals surface area contributed by atoms with Gasteiger partial charge in [-0.3, -0.25) is 8.98 Å². The predicted octanol–water partition coefficient (Wildman–Crippen LogP) is 1.28. The van der Waals surface area contributed by atoms with Crippen molar-refractivity contribution in [2.45, 2.75) is 51.3 Å². The van der Waals surface area contributed by atoms with Crippen molar-refractivity contribution >= 4 is 30.1 Å². The van der Waals surface area contributed by atoms with Crippen LogP contribution in [-0.4, -0.2) is 69.2 Å². The molecule has 0 spiro atoms. The Morgan fingerprint density at radius 2 is 1.68 bits per heavy atom. The first kappa shape index (κ1) is 24.4. The minimum absolute atomic E-state index is 0.367. The topological polar surface area (TPSA) is 144 Å². The molecule has 0 aromatic rings. The fourth-order valence-corrected chi connectivity index (χ4v) is 4.63. The molecule has 1 aliphatic rings. The lowest BCUT2D eigenvalue weighted by atomic mass is 9.82. The summed E-state index contributed by atoms with van der Waals surface area (Å²) < 4.78 is 92.9. The molecule has 0 aliphatic carbocycles. The molecule has 164 valence electrons. The number of rotatable bonds is 5. The first-order valence-electron chi connectivity index (χ1n) is 7.76. The molecular formula is C13H20F3NO9S2. The first-order chi connectivity index (χ1) is 12.3. The first-order valence-corrected chi connectivity index (χ1v) is 11.2. The molecule has 28 heavy (non-hydrogen) atoms. The molecular weight excluding hydrogens is 435 g/mol. The highest BCUT2D eigenvalue weighted by atomic mass is 33.2. The highest BCUT2D eigenvalue weighted by molar-refractivity contribution is 8.65. The van der Waals surface area contributed by atoms with E-state index in [2.05, 4.69) is 4.18 Å². The van der Waals surface area contributed by atoms with Crippen LogP contribution in [-0.2, 0) is 31.7 Å². The van der Waals surface area contributed by atoms with Crippen LogP contribution in [0.15, 0.2) is 0 Å². The molecule has 1 heterocycles. The fourth-order valence-electron chi connectivity index (χ4n) is 2.48. The Morgan fingerprint density at radius 1 is 1.18 bits per heavy atom. The van der Waals surface area contributed by atoms with Gasteiger partial charge in [0.25, 0.3) is 0 Å². The van der Waals surface area contributed by atoms with Crippen molar-refractivity contribution in [2.24, 2.45) is 5.41 Å². The average Bonchev–Trinajstić information content (AvgIpc) is 2.83. The van der Waals surface area contributed by atoms with Gasteiger partial charge in [0.15, 0.2) is 0 Å². The number of hydrogen-bond donors (Lipinski definition) is 1. The lowest BCUT2D eigenvalue weighted by Gasteiger charge is -2.28. The van der Waals surface area contributed by atoms with Crippen LogP contribution < -0.4 is 0 Å². The molecule has 2 atom stereocenters. The number of carbonyl (C=O) groups excluding carboxylic acids is 1. The largest absolute Gasteiger partial charge is 0.514 e. The zero-order valence-electron chi connectivity index (χ0n) is 15.3. The smallest absolute Gasteiger partial charge is 0.481 e. The van der Waals surface area contributed by atoms with E-state index in [9.17, 15) is 44.7 Å². The predicted molar refractivity (Wildman–Crippen MR) is 86.9 cm³/mol. The summed E-state index contributed by atoms with van der Waals surface area (Å²) in [6, 6.07) is 0. The number of alkyl halides is 3. The van der Waals surface area contributed by atoms with Crippen molar-refractivity contribution in [1.82, 2.24) is 4.90 Å². The Morgan fingerprint density at radius 3 is 2.04 bits per heavy atom. The molecule has 15 heteroatoms. The van der Waals surface area contributed by atoms with Gasteiger partial charge in [0.05, 0.1) is 6.54 Å². The lowest BCUT2D eigenvalue weighted by Crippen LogP contribution is -2.45. The maximum absolute atomic E-state index is 12.6. The van der Waals surface area contributed by atoms with Gasteiger partial charge in [-0.1, -0.05) is 6.92 Å². The van der Waals surface area contributed by atoms with Crippen LogP contribution in [0.2, 0.25) is 0 Å². The minimum atomic E-state index is -6.79. The van der Waals surface area contributed by atoms with E-state index in [1.165, 1.54) is 27.7 Å². The summed E-state index contributed by atoms with van der Waals surface area (Å²) in [5.74, 6) is -1.68. The van der Waals surface area contributed by atoms with Crippen molar-refractivity contribution in [2.75, 3.05) is 13.1 Å². The molecule has 1 fully saturated rings. The van der Waals surface area contributed by atoms with Crippen molar-refractivity contribution < 1.29 is 53.6 Å². The molecule has 1 saturated heterocycles. The Hall–Kier alpha value is -1.61. The second kappa shape index (κ2) is 7.33. The van der Waals surface area contributed by atoms with E-state index in [0.29, 0.717) is 0 Å². The molecule has 0 radical (unpaired) electrons. The number of hydrogen-bond acceptors (Lipinski definition) is 8. The lowest BCUT2D eigenvalue weighted by molar-refractivity contribution is -0.152. The number of likely N-dealkylation sites (tertiary alicyclic amines) is 1. The summed E-state index contributed by atoms with van der Waals surface area (Å²) >= 11 is 0. The van der Waals surface area contributed by atoms with Gasteiger partial charge in [-0.2, -0.15) is 21.6 Å². The third-order valence-electron chi connectivity index (χ3n) is 3.97. The van der Waals surface area contributed by atoms with Gasteiger partial charge in [-0.25, -0.2) is 13.2 Å². The molecule has 1 rings (SSSR count). The minimum Gasteiger partial charge on any atom is -0.481 e. The monoisotopic (exact) mass is 455 g/mol. The maximum atomic E-state index is 12.6. The summed E-state index contributed by atoms with van der Waals surface area (Å²) in [5, 5.41) is 9.50. The van der Waals surface area contributed by atoms with Crippen LogP contribution in [0, 0.1) is 5.41 Å². The molecule has 0 aromatic carbocycles. The van der Waals surface area contributed by atoms with E-state index in [-0.39, 0.29) is 6.42 Å². The summed E-state index contributed by atoms with van der Waals surface area (Å²) in [7, 11) is -13.1. The second-order valence-electron chi connectivity index (χ2n) is 7.07. The van der Waals surface area contributed by atoms with Gasteiger partial charge in [0.2, 0.25) is 0 Å². The van der Waals surface area contributed by atoms with Crippen molar-refractivity contribution in [3.8, 4) is 0 Å². The number of halogens is 3. The summed E-state index contributed by atoms with van der Waals surface area (Å²) in [5.41, 5.74) is -9.34. The van der Waals surface area contributed by atoms with Gasteiger partial charge >= 0.3 is 35.6 Å². The van der Waals surface area contributed by atoms with Gasteiger partial charge < -0.3 is 14.7 Å². The number of nitrogens with zero attached hydrogens (tertiary/aromatic N) is 1. The number of amides is 1. The maximum Gasteiger partial charge on any atom is 0.514 e. The van der Waals surface area contributed by atoms with Crippen LogP contribution >= 0.6 is 0 Å². The van der Waals surface area contributed by atoms with Crippen LogP contribution in [0.3, 0.4) is 0 Å².